The predicted octanol–water partition coefficient (Wildman–Crippen LogP) is 5.19. The van der Waals surface area contributed by atoms with E-state index in [2.05, 4.69) is 38.9 Å². The first-order chi connectivity index (χ1) is 19.2. The predicted molar refractivity (Wildman–Crippen MR) is 150 cm³/mol. The van der Waals surface area contributed by atoms with E-state index < -0.39 is 17.6 Å². The number of allylic oxidation sites excluding steroid dienone is 1. The zero-order valence-electron chi connectivity index (χ0n) is 22.4. The maximum Gasteiger partial charge on any atom is 0.416 e. The summed E-state index contributed by atoms with van der Waals surface area (Å²) in [7, 11) is 0. The molecule has 7 nitrogen and oxygen atoms in total. The molecule has 1 aliphatic rings. The van der Waals surface area contributed by atoms with Gasteiger partial charge >= 0.3 is 6.18 Å². The second-order valence-corrected chi connectivity index (χ2v) is 9.52. The number of benzene rings is 2. The van der Waals surface area contributed by atoms with E-state index in [0.29, 0.717) is 30.2 Å². The molecule has 10 heteroatoms. The van der Waals surface area contributed by atoms with Crippen molar-refractivity contribution in [2.24, 2.45) is 0 Å². The number of hydrogen-bond acceptors (Lipinski definition) is 5. The average Bonchev–Trinajstić information content (AvgIpc) is 3.39. The van der Waals surface area contributed by atoms with E-state index >= 15 is 0 Å². The summed E-state index contributed by atoms with van der Waals surface area (Å²) >= 11 is 0. The van der Waals surface area contributed by atoms with Crippen molar-refractivity contribution in [3.63, 3.8) is 0 Å². The molecule has 2 aromatic carbocycles. The van der Waals surface area contributed by atoms with Gasteiger partial charge in [-0.1, -0.05) is 25.0 Å². The standard InChI is InChI=1S/C30H31F3N6O/c1-3-38-13-15-39(16-14-38)20-24-9-10-25(18-27(24)30(31,32)33)37-29(40)23-7-6-21(2)22(17-23)8-11-26-19-35-28(36-26)5-4-12-34/h4-7,9-10,12,17-19,34H,3,13-16,20H2,1-2H3,(H,35,36)(H,37,40)/b5-4-,34-12?. The summed E-state index contributed by atoms with van der Waals surface area (Å²) in [6.45, 7) is 8.16. The first-order valence-electron chi connectivity index (χ1n) is 13.0. The fourth-order valence-corrected chi connectivity index (χ4v) is 4.42. The van der Waals surface area contributed by atoms with Crippen LogP contribution in [0.3, 0.4) is 0 Å². The smallest absolute Gasteiger partial charge is 0.332 e. The third-order valence-corrected chi connectivity index (χ3v) is 6.76. The zero-order chi connectivity index (χ0) is 28.7. The highest BCUT2D eigenvalue weighted by molar-refractivity contribution is 6.04. The number of alkyl halides is 3. The number of nitrogens with zero attached hydrogens (tertiary/aromatic N) is 3. The molecule has 3 aromatic rings. The number of aromatic nitrogens is 2. The lowest BCUT2D eigenvalue weighted by molar-refractivity contribution is -0.138. The lowest BCUT2D eigenvalue weighted by Crippen LogP contribution is -2.45. The topological polar surface area (TPSA) is 88.1 Å². The van der Waals surface area contributed by atoms with Crippen molar-refractivity contribution >= 4 is 23.9 Å². The van der Waals surface area contributed by atoms with Crippen LogP contribution in [0.25, 0.3) is 6.08 Å². The number of piperazine rings is 1. The molecule has 0 spiro atoms. The number of rotatable bonds is 7. The van der Waals surface area contributed by atoms with Gasteiger partial charge in [-0.15, -0.1) is 0 Å². The second-order valence-electron chi connectivity index (χ2n) is 9.52. The number of halogens is 3. The molecule has 0 unspecified atom stereocenters. The van der Waals surface area contributed by atoms with E-state index in [1.165, 1.54) is 18.2 Å². The number of carbonyl (C=O) groups excluding carboxylic acids is 1. The molecular formula is C30H31F3N6O. The summed E-state index contributed by atoms with van der Waals surface area (Å²) in [6.07, 6.45) is 1.33. The highest BCUT2D eigenvalue weighted by Gasteiger charge is 2.34. The molecule has 0 radical (unpaired) electrons. The minimum atomic E-state index is -4.55. The number of imidazole rings is 1. The molecule has 0 aliphatic carbocycles. The molecule has 4 rings (SSSR count). The quantitative estimate of drug-likeness (QED) is 0.280. The summed E-state index contributed by atoms with van der Waals surface area (Å²) in [5, 5.41) is 9.65. The van der Waals surface area contributed by atoms with Gasteiger partial charge in [0.2, 0.25) is 0 Å². The van der Waals surface area contributed by atoms with E-state index in [9.17, 15) is 18.0 Å². The summed E-state index contributed by atoms with van der Waals surface area (Å²) in [5.74, 6) is 6.00. The molecule has 1 saturated heterocycles. The van der Waals surface area contributed by atoms with Crippen LogP contribution in [0.15, 0.2) is 48.7 Å². The SMILES string of the molecule is CCN1CCN(Cc2ccc(NC(=O)c3ccc(C)c(C#Cc4cnc(/C=C\C=N)[nH]4)c3)cc2C(F)(F)F)CC1. The number of hydrogen-bond donors (Lipinski definition) is 3. The molecule has 1 amide bonds. The van der Waals surface area contributed by atoms with Crippen LogP contribution in [0.1, 0.15) is 51.1 Å². The summed E-state index contributed by atoms with van der Waals surface area (Å²) in [4.78, 5) is 24.4. The Labute approximate surface area is 231 Å². The molecule has 0 atom stereocenters. The Bertz CT molecular complexity index is 1460. The van der Waals surface area contributed by atoms with Crippen molar-refractivity contribution in [2.45, 2.75) is 26.6 Å². The Morgan fingerprint density at radius 2 is 1.88 bits per heavy atom. The monoisotopic (exact) mass is 548 g/mol. The highest BCUT2D eigenvalue weighted by Crippen LogP contribution is 2.34. The van der Waals surface area contributed by atoms with Gasteiger partial charge in [0, 0.05) is 55.8 Å². The molecular weight excluding hydrogens is 517 g/mol. The Balaban J connectivity index is 1.49. The van der Waals surface area contributed by atoms with Gasteiger partial charge in [-0.3, -0.25) is 9.69 Å². The van der Waals surface area contributed by atoms with Crippen molar-refractivity contribution in [3.8, 4) is 11.8 Å². The number of nitrogens with one attached hydrogen (secondary N) is 3. The lowest BCUT2D eigenvalue weighted by atomic mass is 10.0. The number of aryl methyl sites for hydroxylation is 1. The minimum Gasteiger partial charge on any atom is -0.332 e. The van der Waals surface area contributed by atoms with Crippen molar-refractivity contribution in [2.75, 3.05) is 38.0 Å². The summed E-state index contributed by atoms with van der Waals surface area (Å²) < 4.78 is 41.9. The Hall–Kier alpha value is -4.20. The summed E-state index contributed by atoms with van der Waals surface area (Å²) in [6, 6.07) is 8.94. The van der Waals surface area contributed by atoms with E-state index in [0.717, 1.165) is 37.5 Å². The Morgan fingerprint density at radius 1 is 1.12 bits per heavy atom. The lowest BCUT2D eigenvalue weighted by Gasteiger charge is -2.34. The van der Waals surface area contributed by atoms with E-state index in [1.54, 1.807) is 30.5 Å². The third-order valence-electron chi connectivity index (χ3n) is 6.76. The Kier molecular flexibility index (Phi) is 9.19. The van der Waals surface area contributed by atoms with Gasteiger partial charge in [-0.25, -0.2) is 4.98 Å². The largest absolute Gasteiger partial charge is 0.416 e. The maximum atomic E-state index is 14.0. The van der Waals surface area contributed by atoms with Gasteiger partial charge in [0.1, 0.15) is 11.5 Å². The van der Waals surface area contributed by atoms with Crippen LogP contribution in [-0.4, -0.2) is 64.6 Å². The first-order valence-corrected chi connectivity index (χ1v) is 13.0. The number of anilines is 1. The molecule has 2 heterocycles. The number of carbonyl (C=O) groups is 1. The van der Waals surface area contributed by atoms with Crippen molar-refractivity contribution in [1.82, 2.24) is 19.8 Å². The fourth-order valence-electron chi connectivity index (χ4n) is 4.42. The normalized spacial score (nSPS) is 14.6. The van der Waals surface area contributed by atoms with E-state index in [4.69, 9.17) is 5.41 Å². The highest BCUT2D eigenvalue weighted by atomic mass is 19.4. The van der Waals surface area contributed by atoms with Crippen LogP contribution in [0.5, 0.6) is 0 Å². The van der Waals surface area contributed by atoms with Gasteiger partial charge in [0.15, 0.2) is 0 Å². The first kappa shape index (κ1) is 28.8. The van der Waals surface area contributed by atoms with Gasteiger partial charge in [-0.05, 0) is 66.9 Å². The second kappa shape index (κ2) is 12.8. The van der Waals surface area contributed by atoms with Crippen LogP contribution < -0.4 is 5.32 Å². The fraction of sp³-hybridized carbons (Fsp3) is 0.300. The number of aromatic amines is 1. The van der Waals surface area contributed by atoms with Crippen LogP contribution in [0.2, 0.25) is 0 Å². The molecule has 0 saturated carbocycles. The number of H-pyrrole nitrogens is 1. The van der Waals surface area contributed by atoms with Crippen LogP contribution >= 0.6 is 0 Å². The summed E-state index contributed by atoms with van der Waals surface area (Å²) in [5.41, 5.74) is 1.82. The van der Waals surface area contributed by atoms with Crippen molar-refractivity contribution < 1.29 is 18.0 Å². The molecule has 3 N–H and O–H groups in total. The molecule has 1 aliphatic heterocycles. The maximum absolute atomic E-state index is 14.0. The van der Waals surface area contributed by atoms with E-state index in [-0.39, 0.29) is 23.4 Å². The molecule has 40 heavy (non-hydrogen) atoms. The number of likely N-dealkylation sites (N-methyl/N-ethyl adjacent to an activating group) is 1. The zero-order valence-corrected chi connectivity index (χ0v) is 22.4. The molecule has 208 valence electrons. The van der Waals surface area contributed by atoms with Crippen LogP contribution in [0.4, 0.5) is 18.9 Å². The van der Waals surface area contributed by atoms with Gasteiger partial charge in [-0.2, -0.15) is 13.2 Å². The van der Waals surface area contributed by atoms with E-state index in [1.807, 2.05) is 11.8 Å². The van der Waals surface area contributed by atoms with Gasteiger partial charge in [0.05, 0.1) is 11.8 Å². The third kappa shape index (κ3) is 7.46. The van der Waals surface area contributed by atoms with Crippen LogP contribution in [0, 0.1) is 24.2 Å². The molecule has 1 aromatic heterocycles. The Morgan fingerprint density at radius 3 is 2.58 bits per heavy atom. The van der Waals surface area contributed by atoms with Crippen molar-refractivity contribution in [3.05, 3.63) is 88.0 Å². The molecule has 0 bridgehead atoms. The molecule has 1 fully saturated rings. The van der Waals surface area contributed by atoms with Gasteiger partial charge in [0.25, 0.3) is 5.91 Å². The number of amides is 1. The van der Waals surface area contributed by atoms with Gasteiger partial charge < -0.3 is 20.6 Å². The minimum absolute atomic E-state index is 0.0769. The average molecular weight is 549 g/mol. The van der Waals surface area contributed by atoms with Crippen molar-refractivity contribution in [1.29, 1.82) is 5.41 Å². The van der Waals surface area contributed by atoms with Crippen LogP contribution in [-0.2, 0) is 12.7 Å².